The second-order valence-electron chi connectivity index (χ2n) is 5.87. The van der Waals surface area contributed by atoms with Crippen LogP contribution in [0.1, 0.15) is 27.0 Å². The number of rotatable bonds is 3. The van der Waals surface area contributed by atoms with Gasteiger partial charge >= 0.3 is 0 Å². The monoisotopic (exact) mass is 358 g/mol. The zero-order valence-corrected chi connectivity index (χ0v) is 14.8. The minimum Gasteiger partial charge on any atom is -0.298 e. The molecule has 0 spiro atoms. The van der Waals surface area contributed by atoms with Crippen molar-refractivity contribution in [1.82, 2.24) is 4.98 Å². The highest BCUT2D eigenvalue weighted by Crippen LogP contribution is 2.29. The lowest BCUT2D eigenvalue weighted by Gasteiger charge is -2.07. The molecule has 6 heteroatoms. The molecule has 1 heterocycles. The number of thiazole rings is 1. The van der Waals surface area contributed by atoms with Crippen LogP contribution in [0, 0.1) is 32.4 Å². The molecule has 0 aliphatic rings. The maximum Gasteiger partial charge on any atom is 0.260 e. The number of nitrogens with one attached hydrogen (secondary N) is 1. The Morgan fingerprint density at radius 3 is 2.48 bits per heavy atom. The molecular formula is C19H16F2N2OS. The van der Waals surface area contributed by atoms with Gasteiger partial charge in [-0.2, -0.15) is 0 Å². The first-order valence-corrected chi connectivity index (χ1v) is 8.53. The van der Waals surface area contributed by atoms with E-state index in [1.807, 2.05) is 19.2 Å². The Hall–Kier alpha value is -2.60. The highest BCUT2D eigenvalue weighted by molar-refractivity contribution is 7.14. The Bertz CT molecular complexity index is 966. The molecule has 0 atom stereocenters. The minimum atomic E-state index is -0.903. The van der Waals surface area contributed by atoms with Crippen LogP contribution in [0.3, 0.4) is 0 Å². The zero-order valence-electron chi connectivity index (χ0n) is 14.0. The summed E-state index contributed by atoms with van der Waals surface area (Å²) in [5.74, 6) is -2.29. The van der Waals surface area contributed by atoms with Gasteiger partial charge in [0.1, 0.15) is 11.6 Å². The van der Waals surface area contributed by atoms with Crippen molar-refractivity contribution in [3.05, 3.63) is 69.6 Å². The Morgan fingerprint density at radius 2 is 1.76 bits per heavy atom. The van der Waals surface area contributed by atoms with Crippen molar-refractivity contribution >= 4 is 22.4 Å². The van der Waals surface area contributed by atoms with Crippen molar-refractivity contribution in [1.29, 1.82) is 0 Å². The maximum atomic E-state index is 13.7. The molecule has 2 aromatic carbocycles. The third kappa shape index (κ3) is 3.58. The maximum absolute atomic E-state index is 13.7. The zero-order chi connectivity index (χ0) is 18.1. The van der Waals surface area contributed by atoms with Crippen molar-refractivity contribution in [2.75, 3.05) is 5.32 Å². The lowest BCUT2D eigenvalue weighted by Crippen LogP contribution is -2.13. The smallest absolute Gasteiger partial charge is 0.260 e. The molecule has 0 fully saturated rings. The molecule has 0 aliphatic heterocycles. The van der Waals surface area contributed by atoms with Crippen molar-refractivity contribution < 1.29 is 13.6 Å². The summed E-state index contributed by atoms with van der Waals surface area (Å²) in [7, 11) is 0. The van der Waals surface area contributed by atoms with E-state index >= 15 is 0 Å². The summed E-state index contributed by atoms with van der Waals surface area (Å²) < 4.78 is 26.6. The van der Waals surface area contributed by atoms with Crippen molar-refractivity contribution in [3.63, 3.8) is 0 Å². The van der Waals surface area contributed by atoms with Crippen LogP contribution in [0.25, 0.3) is 11.3 Å². The average molecular weight is 358 g/mol. The Balaban J connectivity index is 1.85. The van der Waals surface area contributed by atoms with Crippen LogP contribution < -0.4 is 5.32 Å². The molecule has 3 aromatic rings. The number of aryl methyl sites for hydroxylation is 3. The third-order valence-electron chi connectivity index (χ3n) is 4.02. The number of hydrogen-bond acceptors (Lipinski definition) is 3. The van der Waals surface area contributed by atoms with E-state index in [2.05, 4.69) is 29.4 Å². The van der Waals surface area contributed by atoms with Crippen LogP contribution in [-0.2, 0) is 0 Å². The van der Waals surface area contributed by atoms with Gasteiger partial charge < -0.3 is 0 Å². The molecule has 0 saturated heterocycles. The third-order valence-corrected chi connectivity index (χ3v) is 4.77. The van der Waals surface area contributed by atoms with Crippen LogP contribution in [-0.4, -0.2) is 10.9 Å². The van der Waals surface area contributed by atoms with Crippen LogP contribution in [0.15, 0.2) is 35.7 Å². The van der Waals surface area contributed by atoms with Crippen LogP contribution in [0.5, 0.6) is 0 Å². The Kier molecular flexibility index (Phi) is 4.63. The number of nitrogens with zero attached hydrogens (tertiary/aromatic N) is 1. The van der Waals surface area contributed by atoms with Gasteiger partial charge in [0, 0.05) is 17.0 Å². The van der Waals surface area contributed by atoms with Crippen LogP contribution in [0.4, 0.5) is 13.9 Å². The summed E-state index contributed by atoms with van der Waals surface area (Å²) in [6.45, 7) is 6.09. The van der Waals surface area contributed by atoms with Crippen LogP contribution >= 0.6 is 11.3 Å². The number of benzene rings is 2. The largest absolute Gasteiger partial charge is 0.298 e. The summed E-state index contributed by atoms with van der Waals surface area (Å²) in [5.41, 5.74) is 4.98. The summed E-state index contributed by atoms with van der Waals surface area (Å²) in [6.07, 6.45) is 0. The van der Waals surface area contributed by atoms with Gasteiger partial charge in [0.15, 0.2) is 5.13 Å². The quantitative estimate of drug-likeness (QED) is 0.693. The lowest BCUT2D eigenvalue weighted by atomic mass is 9.99. The normalized spacial score (nSPS) is 10.8. The summed E-state index contributed by atoms with van der Waals surface area (Å²) in [4.78, 5) is 16.6. The van der Waals surface area contributed by atoms with E-state index in [4.69, 9.17) is 0 Å². The second kappa shape index (κ2) is 6.72. The highest BCUT2D eigenvalue weighted by atomic mass is 32.1. The lowest BCUT2D eigenvalue weighted by molar-refractivity contribution is 0.102. The molecule has 128 valence electrons. The first kappa shape index (κ1) is 17.2. The van der Waals surface area contributed by atoms with E-state index in [-0.39, 0.29) is 5.56 Å². The molecule has 0 unspecified atom stereocenters. The Labute approximate surface area is 148 Å². The Morgan fingerprint density at radius 1 is 1.04 bits per heavy atom. The first-order chi connectivity index (χ1) is 11.8. The first-order valence-electron chi connectivity index (χ1n) is 7.65. The predicted octanol–water partition coefficient (Wildman–Crippen LogP) is 5.27. The molecule has 1 N–H and O–H groups in total. The van der Waals surface area contributed by atoms with Gasteiger partial charge in [0.25, 0.3) is 5.91 Å². The van der Waals surface area contributed by atoms with E-state index in [1.54, 1.807) is 0 Å². The van der Waals surface area contributed by atoms with Crippen LogP contribution in [0.2, 0.25) is 0 Å². The highest BCUT2D eigenvalue weighted by Gasteiger charge is 2.15. The number of hydrogen-bond donors (Lipinski definition) is 1. The van der Waals surface area contributed by atoms with Crippen molar-refractivity contribution in [2.45, 2.75) is 20.8 Å². The van der Waals surface area contributed by atoms with Gasteiger partial charge in [-0.3, -0.25) is 10.1 Å². The molecule has 0 bridgehead atoms. The standard InChI is InChI=1S/C19H16F2N2OS/c1-10-6-12(3)15(7-11(10)2)17-9-25-19(22-17)23-18(24)14-5-4-13(20)8-16(14)21/h4-9H,1-3H3,(H,22,23,24). The van der Waals surface area contributed by atoms with Gasteiger partial charge in [-0.15, -0.1) is 11.3 Å². The second-order valence-corrected chi connectivity index (χ2v) is 6.73. The topological polar surface area (TPSA) is 42.0 Å². The van der Waals surface area contributed by atoms with E-state index in [1.165, 1.54) is 16.9 Å². The van der Waals surface area contributed by atoms with Crippen molar-refractivity contribution in [3.8, 4) is 11.3 Å². The van der Waals surface area contributed by atoms with E-state index in [9.17, 15) is 13.6 Å². The van der Waals surface area contributed by atoms with Gasteiger partial charge in [-0.05, 0) is 55.7 Å². The fourth-order valence-corrected chi connectivity index (χ4v) is 3.24. The molecule has 3 rings (SSSR count). The van der Waals surface area contributed by atoms with E-state index < -0.39 is 17.5 Å². The predicted molar refractivity (Wildman–Crippen MR) is 96.1 cm³/mol. The average Bonchev–Trinajstić information content (AvgIpc) is 2.99. The van der Waals surface area contributed by atoms with Gasteiger partial charge in [-0.1, -0.05) is 6.07 Å². The fourth-order valence-electron chi connectivity index (χ4n) is 2.53. The SMILES string of the molecule is Cc1cc(C)c(-c2csc(NC(=O)c3ccc(F)cc3F)n2)cc1C. The molecular weight excluding hydrogens is 342 g/mol. The number of anilines is 1. The summed E-state index contributed by atoms with van der Waals surface area (Å²) in [6, 6.07) is 6.99. The van der Waals surface area contributed by atoms with Gasteiger partial charge in [0.2, 0.25) is 0 Å². The molecule has 0 radical (unpaired) electrons. The summed E-state index contributed by atoms with van der Waals surface area (Å²) in [5, 5.41) is 4.76. The van der Waals surface area contributed by atoms with E-state index in [0.717, 1.165) is 34.5 Å². The molecule has 0 saturated carbocycles. The number of carbonyl (C=O) groups is 1. The van der Waals surface area contributed by atoms with Crippen molar-refractivity contribution in [2.24, 2.45) is 0 Å². The number of carbonyl (C=O) groups excluding carboxylic acids is 1. The number of amides is 1. The van der Waals surface area contributed by atoms with Gasteiger partial charge in [0.05, 0.1) is 11.3 Å². The minimum absolute atomic E-state index is 0.222. The molecule has 3 nitrogen and oxygen atoms in total. The molecule has 1 amide bonds. The molecule has 1 aromatic heterocycles. The van der Waals surface area contributed by atoms with E-state index in [0.29, 0.717) is 11.2 Å². The van der Waals surface area contributed by atoms with Gasteiger partial charge in [-0.25, -0.2) is 13.8 Å². The molecule has 25 heavy (non-hydrogen) atoms. The fraction of sp³-hybridized carbons (Fsp3) is 0.158. The summed E-state index contributed by atoms with van der Waals surface area (Å²) >= 11 is 1.26. The molecule has 0 aliphatic carbocycles. The number of halogens is 2. The number of aromatic nitrogens is 1.